The van der Waals surface area contributed by atoms with Crippen LogP contribution in [0.5, 0.6) is 0 Å². The Morgan fingerprint density at radius 3 is 2.23 bits per heavy atom. The molecule has 1 aromatic rings. The first kappa shape index (κ1) is 20.8. The molecule has 0 saturated heterocycles. The molecule has 0 radical (unpaired) electrons. The third-order valence-corrected chi connectivity index (χ3v) is 5.44. The van der Waals surface area contributed by atoms with Gasteiger partial charge in [-0.3, -0.25) is 9.59 Å². The summed E-state index contributed by atoms with van der Waals surface area (Å²) in [6.07, 6.45) is 5.12. The molecule has 1 fully saturated rings. The standard InChI is InChI=1S/C21H31ClN2O2/c1-4-12-24(13-5-2)21(26)17-9-7-16(8-10-17)20(25)23-19-14-18(22)11-6-15(19)3/h6,11,14,16-17H,4-5,7-10,12-13H2,1-3H3,(H,23,25). The Balaban J connectivity index is 1.90. The summed E-state index contributed by atoms with van der Waals surface area (Å²) < 4.78 is 0. The first-order valence-electron chi connectivity index (χ1n) is 9.82. The molecular formula is C21H31ClN2O2. The van der Waals surface area contributed by atoms with Gasteiger partial charge in [-0.2, -0.15) is 0 Å². The zero-order valence-electron chi connectivity index (χ0n) is 16.2. The van der Waals surface area contributed by atoms with Crippen LogP contribution in [0.3, 0.4) is 0 Å². The minimum Gasteiger partial charge on any atom is -0.342 e. The lowest BCUT2D eigenvalue weighted by molar-refractivity contribution is -0.138. The number of benzene rings is 1. The molecule has 0 atom stereocenters. The molecule has 0 aliphatic heterocycles. The second kappa shape index (κ2) is 9.96. The van der Waals surface area contributed by atoms with Crippen LogP contribution in [0.4, 0.5) is 5.69 Å². The van der Waals surface area contributed by atoms with Gasteiger partial charge in [0.2, 0.25) is 11.8 Å². The van der Waals surface area contributed by atoms with E-state index in [0.29, 0.717) is 5.02 Å². The van der Waals surface area contributed by atoms with Crippen LogP contribution in [0.2, 0.25) is 5.02 Å². The number of aryl methyl sites for hydroxylation is 1. The fourth-order valence-corrected chi connectivity index (χ4v) is 3.87. The normalized spacial score (nSPS) is 19.8. The van der Waals surface area contributed by atoms with Gasteiger partial charge in [-0.15, -0.1) is 0 Å². The fraction of sp³-hybridized carbons (Fsp3) is 0.619. The van der Waals surface area contributed by atoms with E-state index in [1.54, 1.807) is 6.07 Å². The smallest absolute Gasteiger partial charge is 0.227 e. The SMILES string of the molecule is CCCN(CCC)C(=O)C1CCC(C(=O)Nc2cc(Cl)ccc2C)CC1. The molecule has 1 aromatic carbocycles. The maximum atomic E-state index is 12.7. The molecule has 144 valence electrons. The van der Waals surface area contributed by atoms with E-state index in [2.05, 4.69) is 19.2 Å². The summed E-state index contributed by atoms with van der Waals surface area (Å²) in [5, 5.41) is 3.63. The van der Waals surface area contributed by atoms with Crippen LogP contribution in [0, 0.1) is 18.8 Å². The predicted octanol–water partition coefficient (Wildman–Crippen LogP) is 5.04. The highest BCUT2D eigenvalue weighted by molar-refractivity contribution is 6.31. The Labute approximate surface area is 162 Å². The van der Waals surface area contributed by atoms with Crippen LogP contribution in [-0.2, 0) is 9.59 Å². The highest BCUT2D eigenvalue weighted by Gasteiger charge is 2.32. The summed E-state index contributed by atoms with van der Waals surface area (Å²) in [4.78, 5) is 27.3. The van der Waals surface area contributed by atoms with Crippen molar-refractivity contribution in [2.45, 2.75) is 59.3 Å². The van der Waals surface area contributed by atoms with E-state index in [1.807, 2.05) is 24.0 Å². The molecular weight excluding hydrogens is 348 g/mol. The summed E-state index contributed by atoms with van der Waals surface area (Å²) in [6, 6.07) is 5.52. The fourth-order valence-electron chi connectivity index (χ4n) is 3.70. The van der Waals surface area contributed by atoms with E-state index >= 15 is 0 Å². The number of nitrogens with zero attached hydrogens (tertiary/aromatic N) is 1. The van der Waals surface area contributed by atoms with Crippen molar-refractivity contribution in [3.8, 4) is 0 Å². The lowest BCUT2D eigenvalue weighted by Gasteiger charge is -2.31. The van der Waals surface area contributed by atoms with Crippen LogP contribution in [-0.4, -0.2) is 29.8 Å². The van der Waals surface area contributed by atoms with Crippen molar-refractivity contribution < 1.29 is 9.59 Å². The molecule has 0 spiro atoms. The molecule has 1 saturated carbocycles. The second-order valence-corrected chi connectivity index (χ2v) is 7.76. The van der Waals surface area contributed by atoms with E-state index in [1.165, 1.54) is 0 Å². The van der Waals surface area contributed by atoms with Gasteiger partial charge in [-0.1, -0.05) is 31.5 Å². The third-order valence-electron chi connectivity index (χ3n) is 5.20. The molecule has 26 heavy (non-hydrogen) atoms. The third kappa shape index (κ3) is 5.47. The van der Waals surface area contributed by atoms with E-state index in [0.717, 1.165) is 62.9 Å². The monoisotopic (exact) mass is 378 g/mol. The summed E-state index contributed by atoms with van der Waals surface area (Å²) in [5.74, 6) is 0.367. The van der Waals surface area contributed by atoms with Gasteiger partial charge in [-0.05, 0) is 63.1 Å². The van der Waals surface area contributed by atoms with Gasteiger partial charge in [0.15, 0.2) is 0 Å². The van der Waals surface area contributed by atoms with Crippen molar-refractivity contribution in [2.24, 2.45) is 11.8 Å². The number of hydrogen-bond acceptors (Lipinski definition) is 2. The summed E-state index contributed by atoms with van der Waals surface area (Å²) >= 11 is 6.03. The van der Waals surface area contributed by atoms with Gasteiger partial charge in [0.1, 0.15) is 0 Å². The molecule has 5 heteroatoms. The average molecular weight is 379 g/mol. The lowest BCUT2D eigenvalue weighted by Crippen LogP contribution is -2.39. The molecule has 0 aromatic heterocycles. The van der Waals surface area contributed by atoms with Gasteiger partial charge in [-0.25, -0.2) is 0 Å². The van der Waals surface area contributed by atoms with Crippen molar-refractivity contribution in [1.29, 1.82) is 0 Å². The average Bonchev–Trinajstić information content (AvgIpc) is 2.64. The molecule has 0 bridgehead atoms. The maximum absolute atomic E-state index is 12.7. The maximum Gasteiger partial charge on any atom is 0.227 e. The van der Waals surface area contributed by atoms with E-state index in [9.17, 15) is 9.59 Å². The Morgan fingerprint density at radius 1 is 1.08 bits per heavy atom. The highest BCUT2D eigenvalue weighted by atomic mass is 35.5. The highest BCUT2D eigenvalue weighted by Crippen LogP contribution is 2.31. The molecule has 1 N–H and O–H groups in total. The number of halogens is 1. The van der Waals surface area contributed by atoms with Gasteiger partial charge in [0, 0.05) is 35.6 Å². The minimum atomic E-state index is -0.0248. The molecule has 1 aliphatic rings. The number of nitrogens with one attached hydrogen (secondary N) is 1. The molecule has 0 unspecified atom stereocenters. The van der Waals surface area contributed by atoms with Crippen molar-refractivity contribution in [2.75, 3.05) is 18.4 Å². The largest absolute Gasteiger partial charge is 0.342 e. The first-order valence-corrected chi connectivity index (χ1v) is 10.2. The van der Waals surface area contributed by atoms with E-state index in [4.69, 9.17) is 11.6 Å². The number of amides is 2. The van der Waals surface area contributed by atoms with Crippen molar-refractivity contribution in [3.63, 3.8) is 0 Å². The molecule has 2 amide bonds. The molecule has 0 heterocycles. The summed E-state index contributed by atoms with van der Waals surface area (Å²) in [7, 11) is 0. The Morgan fingerprint density at radius 2 is 1.65 bits per heavy atom. The van der Waals surface area contributed by atoms with Crippen LogP contribution >= 0.6 is 11.6 Å². The van der Waals surface area contributed by atoms with Crippen molar-refractivity contribution >= 4 is 29.1 Å². The summed E-state index contributed by atoms with van der Waals surface area (Å²) in [5.41, 5.74) is 1.78. The van der Waals surface area contributed by atoms with Crippen LogP contribution < -0.4 is 5.32 Å². The van der Waals surface area contributed by atoms with Gasteiger partial charge in [0.05, 0.1) is 0 Å². The second-order valence-electron chi connectivity index (χ2n) is 7.32. The topological polar surface area (TPSA) is 49.4 Å². The summed E-state index contributed by atoms with van der Waals surface area (Å²) in [6.45, 7) is 7.84. The Kier molecular flexibility index (Phi) is 7.95. The number of rotatable bonds is 7. The Hall–Kier alpha value is -1.55. The molecule has 2 rings (SSSR count). The predicted molar refractivity (Wildman–Crippen MR) is 107 cm³/mol. The van der Waals surface area contributed by atoms with Crippen molar-refractivity contribution in [1.82, 2.24) is 4.90 Å². The molecule has 4 nitrogen and oxygen atoms in total. The molecule has 1 aliphatic carbocycles. The van der Waals surface area contributed by atoms with Crippen LogP contribution in [0.25, 0.3) is 0 Å². The number of carbonyl (C=O) groups excluding carboxylic acids is 2. The number of carbonyl (C=O) groups is 2. The zero-order chi connectivity index (χ0) is 19.1. The van der Waals surface area contributed by atoms with E-state index < -0.39 is 0 Å². The Bertz CT molecular complexity index is 618. The number of hydrogen-bond donors (Lipinski definition) is 1. The van der Waals surface area contributed by atoms with E-state index in [-0.39, 0.29) is 23.7 Å². The quantitative estimate of drug-likeness (QED) is 0.722. The van der Waals surface area contributed by atoms with Crippen LogP contribution in [0.1, 0.15) is 57.9 Å². The van der Waals surface area contributed by atoms with Gasteiger partial charge < -0.3 is 10.2 Å². The number of anilines is 1. The van der Waals surface area contributed by atoms with Gasteiger partial charge >= 0.3 is 0 Å². The van der Waals surface area contributed by atoms with Crippen molar-refractivity contribution in [3.05, 3.63) is 28.8 Å². The lowest BCUT2D eigenvalue weighted by atomic mass is 9.80. The van der Waals surface area contributed by atoms with Crippen LogP contribution in [0.15, 0.2) is 18.2 Å². The van der Waals surface area contributed by atoms with Gasteiger partial charge in [0.25, 0.3) is 0 Å². The minimum absolute atomic E-state index is 0.0248. The first-order chi connectivity index (χ1) is 12.5. The zero-order valence-corrected chi connectivity index (χ0v) is 16.9.